The molecule has 0 heterocycles. The van der Waals surface area contributed by atoms with Crippen molar-refractivity contribution in [3.8, 4) is 0 Å². The summed E-state index contributed by atoms with van der Waals surface area (Å²) in [5.41, 5.74) is 2.91. The summed E-state index contributed by atoms with van der Waals surface area (Å²) >= 11 is 6.06. The lowest BCUT2D eigenvalue weighted by atomic mass is 9.99. The summed E-state index contributed by atoms with van der Waals surface area (Å²) in [5.74, 6) is 0.840. The first kappa shape index (κ1) is 14.9. The number of hydrogen-bond acceptors (Lipinski definition) is 1. The van der Waals surface area contributed by atoms with Crippen LogP contribution in [-0.2, 0) is 12.8 Å². The second kappa shape index (κ2) is 7.31. The molecule has 0 saturated carbocycles. The molecule has 0 amide bonds. The van der Waals surface area contributed by atoms with Crippen molar-refractivity contribution < 1.29 is 0 Å². The van der Waals surface area contributed by atoms with Crippen molar-refractivity contribution in [2.24, 2.45) is 5.92 Å². The van der Waals surface area contributed by atoms with E-state index in [1.54, 1.807) is 0 Å². The minimum Gasteiger partial charge on any atom is -0.313 e. The van der Waals surface area contributed by atoms with Crippen LogP contribution in [0.25, 0.3) is 0 Å². The van der Waals surface area contributed by atoms with Crippen molar-refractivity contribution in [3.63, 3.8) is 0 Å². The molecule has 0 saturated heterocycles. The zero-order valence-corrected chi connectivity index (χ0v) is 13.0. The summed E-state index contributed by atoms with van der Waals surface area (Å²) in [6.07, 6.45) is 7.63. The fourth-order valence-corrected chi connectivity index (χ4v) is 3.20. The van der Waals surface area contributed by atoms with Crippen LogP contribution in [0.5, 0.6) is 0 Å². The van der Waals surface area contributed by atoms with Gasteiger partial charge in [0.05, 0.1) is 0 Å². The predicted octanol–water partition coefficient (Wildman–Crippen LogP) is 4.61. The van der Waals surface area contributed by atoms with Crippen molar-refractivity contribution in [1.82, 2.24) is 5.32 Å². The second-order valence-corrected chi connectivity index (χ2v) is 6.28. The van der Waals surface area contributed by atoms with Crippen molar-refractivity contribution in [2.45, 2.75) is 58.4 Å². The van der Waals surface area contributed by atoms with Gasteiger partial charge in [0.25, 0.3) is 0 Å². The van der Waals surface area contributed by atoms with E-state index in [0.29, 0.717) is 6.04 Å². The minimum absolute atomic E-state index is 0.615. The maximum Gasteiger partial charge on any atom is 0.0408 e. The van der Waals surface area contributed by atoms with E-state index < -0.39 is 0 Å². The first-order valence-electron chi connectivity index (χ1n) is 7.73. The Morgan fingerprint density at radius 2 is 2.05 bits per heavy atom. The number of unbranched alkanes of at least 4 members (excludes halogenated alkanes) is 1. The van der Waals surface area contributed by atoms with E-state index in [0.717, 1.165) is 23.8 Å². The van der Waals surface area contributed by atoms with Crippen molar-refractivity contribution >= 4 is 11.6 Å². The Kier molecular flexibility index (Phi) is 5.72. The van der Waals surface area contributed by atoms with Crippen LogP contribution in [0.4, 0.5) is 0 Å². The zero-order valence-electron chi connectivity index (χ0n) is 12.2. The molecule has 0 aromatic heterocycles. The highest BCUT2D eigenvalue weighted by Gasteiger charge is 2.21. The topological polar surface area (TPSA) is 12.0 Å². The molecule has 1 aromatic carbocycles. The van der Waals surface area contributed by atoms with Crippen LogP contribution in [0.15, 0.2) is 18.2 Å². The van der Waals surface area contributed by atoms with Crippen LogP contribution in [0.2, 0.25) is 5.02 Å². The van der Waals surface area contributed by atoms with Gasteiger partial charge in [-0.15, -0.1) is 0 Å². The molecule has 2 heteroatoms. The Morgan fingerprint density at radius 3 is 2.79 bits per heavy atom. The van der Waals surface area contributed by atoms with E-state index in [-0.39, 0.29) is 0 Å². The predicted molar refractivity (Wildman–Crippen MR) is 84.0 cm³/mol. The normalized spacial score (nSPS) is 19.4. The molecule has 2 rings (SSSR count). The summed E-state index contributed by atoms with van der Waals surface area (Å²) in [6, 6.07) is 6.95. The van der Waals surface area contributed by atoms with Crippen LogP contribution >= 0.6 is 11.6 Å². The van der Waals surface area contributed by atoms with E-state index >= 15 is 0 Å². The Bertz CT molecular complexity index is 402. The number of hydrogen-bond donors (Lipinski definition) is 1. The molecule has 106 valence electrons. The molecule has 1 aliphatic carbocycles. The highest BCUT2D eigenvalue weighted by molar-refractivity contribution is 6.30. The lowest BCUT2D eigenvalue weighted by Gasteiger charge is -2.19. The number of halogens is 1. The average molecular weight is 280 g/mol. The van der Waals surface area contributed by atoms with E-state index in [9.17, 15) is 0 Å². The second-order valence-electron chi connectivity index (χ2n) is 5.84. The Balaban J connectivity index is 1.80. The van der Waals surface area contributed by atoms with Gasteiger partial charge in [-0.1, -0.05) is 50.8 Å². The number of rotatable bonds is 7. The van der Waals surface area contributed by atoms with Gasteiger partial charge in [-0.2, -0.15) is 0 Å². The van der Waals surface area contributed by atoms with Gasteiger partial charge in [0.15, 0.2) is 0 Å². The van der Waals surface area contributed by atoms with Gasteiger partial charge in [-0.05, 0) is 55.0 Å². The first-order valence-corrected chi connectivity index (χ1v) is 8.11. The minimum atomic E-state index is 0.615. The van der Waals surface area contributed by atoms with Gasteiger partial charge in [-0.25, -0.2) is 0 Å². The highest BCUT2D eigenvalue weighted by atomic mass is 35.5. The molecule has 1 aliphatic rings. The average Bonchev–Trinajstić information content (AvgIpc) is 2.81. The monoisotopic (exact) mass is 279 g/mol. The third-order valence-electron chi connectivity index (χ3n) is 4.34. The van der Waals surface area contributed by atoms with Crippen molar-refractivity contribution in [3.05, 3.63) is 34.3 Å². The molecule has 19 heavy (non-hydrogen) atoms. The largest absolute Gasteiger partial charge is 0.313 e. The van der Waals surface area contributed by atoms with E-state index in [1.165, 1.54) is 43.4 Å². The third kappa shape index (κ3) is 4.22. The fourth-order valence-electron chi connectivity index (χ4n) is 3.01. The number of benzene rings is 1. The van der Waals surface area contributed by atoms with Gasteiger partial charge >= 0.3 is 0 Å². The Labute approximate surface area is 122 Å². The summed E-state index contributed by atoms with van der Waals surface area (Å²) in [7, 11) is 0. The standard InChI is InChI=1S/C17H26ClN/c1-3-5-6-13(4-2)12-19-17-10-14-7-8-16(18)9-15(14)11-17/h7-9,13,17,19H,3-6,10-12H2,1-2H3. The summed E-state index contributed by atoms with van der Waals surface area (Å²) < 4.78 is 0. The highest BCUT2D eigenvalue weighted by Crippen LogP contribution is 2.25. The van der Waals surface area contributed by atoms with Gasteiger partial charge < -0.3 is 5.32 Å². The van der Waals surface area contributed by atoms with Crippen LogP contribution < -0.4 is 5.32 Å². The van der Waals surface area contributed by atoms with Crippen LogP contribution in [0.1, 0.15) is 50.7 Å². The molecule has 0 radical (unpaired) electrons. The lowest BCUT2D eigenvalue weighted by Crippen LogP contribution is -2.33. The molecule has 1 aromatic rings. The van der Waals surface area contributed by atoms with E-state index in [4.69, 9.17) is 11.6 Å². The fraction of sp³-hybridized carbons (Fsp3) is 0.647. The SMILES string of the molecule is CCCCC(CC)CNC1Cc2ccc(Cl)cc2C1. The molecule has 0 fully saturated rings. The van der Waals surface area contributed by atoms with E-state index in [2.05, 4.69) is 31.3 Å². The molecule has 1 N–H and O–H groups in total. The summed E-state index contributed by atoms with van der Waals surface area (Å²) in [6.45, 7) is 5.76. The summed E-state index contributed by atoms with van der Waals surface area (Å²) in [5, 5.41) is 4.63. The van der Waals surface area contributed by atoms with Gasteiger partial charge in [0.2, 0.25) is 0 Å². The maximum absolute atomic E-state index is 6.06. The number of fused-ring (bicyclic) bond motifs is 1. The van der Waals surface area contributed by atoms with Gasteiger partial charge in [-0.3, -0.25) is 0 Å². The molecule has 0 bridgehead atoms. The molecule has 1 nitrogen and oxygen atoms in total. The smallest absolute Gasteiger partial charge is 0.0408 e. The Hall–Kier alpha value is -0.530. The van der Waals surface area contributed by atoms with Crippen LogP contribution in [0.3, 0.4) is 0 Å². The first-order chi connectivity index (χ1) is 9.22. The summed E-state index contributed by atoms with van der Waals surface area (Å²) in [4.78, 5) is 0. The molecular formula is C17H26ClN. The number of nitrogens with one attached hydrogen (secondary N) is 1. The van der Waals surface area contributed by atoms with Crippen LogP contribution in [-0.4, -0.2) is 12.6 Å². The quantitative estimate of drug-likeness (QED) is 0.768. The van der Waals surface area contributed by atoms with Crippen molar-refractivity contribution in [1.29, 1.82) is 0 Å². The molecule has 2 unspecified atom stereocenters. The van der Waals surface area contributed by atoms with Gasteiger partial charge in [0, 0.05) is 11.1 Å². The maximum atomic E-state index is 6.06. The third-order valence-corrected chi connectivity index (χ3v) is 4.57. The Morgan fingerprint density at radius 1 is 1.26 bits per heavy atom. The lowest BCUT2D eigenvalue weighted by molar-refractivity contribution is 0.391. The molecular weight excluding hydrogens is 254 g/mol. The van der Waals surface area contributed by atoms with E-state index in [1.807, 2.05) is 6.07 Å². The zero-order chi connectivity index (χ0) is 13.7. The molecule has 0 spiro atoms. The van der Waals surface area contributed by atoms with Crippen molar-refractivity contribution in [2.75, 3.05) is 6.54 Å². The molecule has 0 aliphatic heterocycles. The van der Waals surface area contributed by atoms with Gasteiger partial charge in [0.1, 0.15) is 0 Å². The molecule has 2 atom stereocenters. The van der Waals surface area contributed by atoms with Crippen LogP contribution in [0, 0.1) is 5.92 Å².